The number of likely N-dealkylation sites (tertiary alicyclic amines) is 1. The van der Waals surface area contributed by atoms with E-state index < -0.39 is 0 Å². The smallest absolute Gasteiger partial charge is 0.227 e. The molecule has 2 heterocycles. The van der Waals surface area contributed by atoms with Crippen molar-refractivity contribution in [1.29, 1.82) is 0 Å². The average molecular weight is 292 g/mol. The molecule has 0 bridgehead atoms. The van der Waals surface area contributed by atoms with Gasteiger partial charge in [0.15, 0.2) is 0 Å². The van der Waals surface area contributed by atoms with E-state index in [1.54, 1.807) is 6.20 Å². The van der Waals surface area contributed by atoms with Crippen molar-refractivity contribution < 1.29 is 4.79 Å². The van der Waals surface area contributed by atoms with Crippen LogP contribution in [0, 0.1) is 0 Å². The van der Waals surface area contributed by atoms with Crippen LogP contribution in [0.15, 0.2) is 54.9 Å². The molecule has 3 aromatic rings. The fraction of sp³-hybridized carbons (Fsp3) is 0.235. The molecule has 110 valence electrons. The van der Waals surface area contributed by atoms with Gasteiger partial charge in [0, 0.05) is 19.3 Å². The van der Waals surface area contributed by atoms with Crippen molar-refractivity contribution >= 4 is 16.7 Å². The third-order valence-electron chi connectivity index (χ3n) is 4.25. The van der Waals surface area contributed by atoms with E-state index >= 15 is 0 Å². The Labute approximate surface area is 128 Å². The van der Waals surface area contributed by atoms with Crippen molar-refractivity contribution in [3.8, 4) is 0 Å². The average Bonchev–Trinajstić information content (AvgIpc) is 3.00. The molecule has 0 unspecified atom stereocenters. The lowest BCUT2D eigenvalue weighted by Gasteiger charge is -2.39. The summed E-state index contributed by atoms with van der Waals surface area (Å²) in [5.74, 6) is 0.174. The van der Waals surface area contributed by atoms with Crippen LogP contribution in [0.4, 0.5) is 0 Å². The minimum atomic E-state index is 0.174. The largest absolute Gasteiger partial charge is 0.338 e. The zero-order valence-corrected chi connectivity index (χ0v) is 12.1. The van der Waals surface area contributed by atoms with Crippen molar-refractivity contribution in [3.05, 3.63) is 60.4 Å². The highest BCUT2D eigenvalue weighted by molar-refractivity contribution is 5.90. The summed E-state index contributed by atoms with van der Waals surface area (Å²) in [6.07, 6.45) is 3.96. The van der Waals surface area contributed by atoms with Gasteiger partial charge in [-0.15, -0.1) is 5.10 Å². The lowest BCUT2D eigenvalue weighted by atomic mass is 10.0. The summed E-state index contributed by atoms with van der Waals surface area (Å²) in [6, 6.07) is 14.6. The number of carbonyl (C=O) groups is 1. The number of carbonyl (C=O) groups excluding carboxylic acids is 1. The van der Waals surface area contributed by atoms with Gasteiger partial charge in [0.1, 0.15) is 0 Å². The first-order valence-electron chi connectivity index (χ1n) is 7.41. The molecule has 2 aromatic carbocycles. The Kier molecular flexibility index (Phi) is 3.11. The van der Waals surface area contributed by atoms with Crippen molar-refractivity contribution in [2.75, 3.05) is 13.1 Å². The number of aromatic nitrogens is 3. The Morgan fingerprint density at radius 3 is 2.77 bits per heavy atom. The number of fused-ring (bicyclic) bond motifs is 1. The molecule has 1 aliphatic rings. The molecule has 22 heavy (non-hydrogen) atoms. The summed E-state index contributed by atoms with van der Waals surface area (Å²) < 4.78 is 1.82. The summed E-state index contributed by atoms with van der Waals surface area (Å²) in [6.45, 7) is 1.43. The molecule has 5 heteroatoms. The molecule has 5 nitrogen and oxygen atoms in total. The standard InChI is InChI=1S/C17H16N4O/c22-17(20-11-15(12-20)21-9-8-18-19-21)10-14-6-3-5-13-4-1-2-7-16(13)14/h1-9,15H,10-12H2. The van der Waals surface area contributed by atoms with Gasteiger partial charge in [0.05, 0.1) is 18.7 Å². The molecule has 1 aliphatic heterocycles. The predicted octanol–water partition coefficient (Wildman–Crippen LogP) is 2.06. The normalized spacial score (nSPS) is 15.0. The third-order valence-corrected chi connectivity index (χ3v) is 4.25. The summed E-state index contributed by atoms with van der Waals surface area (Å²) in [4.78, 5) is 14.3. The second-order valence-electron chi connectivity index (χ2n) is 5.65. The monoisotopic (exact) mass is 292 g/mol. The van der Waals surface area contributed by atoms with E-state index in [1.807, 2.05) is 40.0 Å². The molecular weight excluding hydrogens is 276 g/mol. The fourth-order valence-electron chi connectivity index (χ4n) is 2.96. The summed E-state index contributed by atoms with van der Waals surface area (Å²) in [7, 11) is 0. The maximum Gasteiger partial charge on any atom is 0.227 e. The van der Waals surface area contributed by atoms with Gasteiger partial charge in [-0.25, -0.2) is 4.68 Å². The second-order valence-corrected chi connectivity index (χ2v) is 5.65. The Morgan fingerprint density at radius 1 is 1.14 bits per heavy atom. The summed E-state index contributed by atoms with van der Waals surface area (Å²) in [5.41, 5.74) is 1.09. The Hall–Kier alpha value is -2.69. The van der Waals surface area contributed by atoms with Gasteiger partial charge < -0.3 is 4.90 Å². The quantitative estimate of drug-likeness (QED) is 0.742. The Bertz CT molecular complexity index is 801. The van der Waals surface area contributed by atoms with Crippen LogP contribution in [0.5, 0.6) is 0 Å². The highest BCUT2D eigenvalue weighted by Crippen LogP contribution is 2.23. The number of amides is 1. The number of nitrogens with zero attached hydrogens (tertiary/aromatic N) is 4. The number of hydrogen-bond donors (Lipinski definition) is 0. The minimum Gasteiger partial charge on any atom is -0.338 e. The number of rotatable bonds is 3. The summed E-state index contributed by atoms with van der Waals surface area (Å²) >= 11 is 0. The first kappa shape index (κ1) is 13.0. The molecule has 0 saturated carbocycles. The highest BCUT2D eigenvalue weighted by atomic mass is 16.2. The van der Waals surface area contributed by atoms with Crippen LogP contribution in [0.25, 0.3) is 10.8 Å². The van der Waals surface area contributed by atoms with Crippen molar-refractivity contribution in [1.82, 2.24) is 19.9 Å². The predicted molar refractivity (Wildman–Crippen MR) is 83.3 cm³/mol. The van der Waals surface area contributed by atoms with Crippen LogP contribution < -0.4 is 0 Å². The Morgan fingerprint density at radius 2 is 1.95 bits per heavy atom. The van der Waals surface area contributed by atoms with Gasteiger partial charge in [-0.05, 0) is 16.3 Å². The lowest BCUT2D eigenvalue weighted by Crippen LogP contribution is -2.51. The van der Waals surface area contributed by atoms with Crippen LogP contribution in [-0.2, 0) is 11.2 Å². The van der Waals surface area contributed by atoms with Crippen LogP contribution in [0.2, 0.25) is 0 Å². The van der Waals surface area contributed by atoms with Crippen molar-refractivity contribution in [3.63, 3.8) is 0 Å². The van der Waals surface area contributed by atoms with Gasteiger partial charge >= 0.3 is 0 Å². The van der Waals surface area contributed by atoms with Crippen LogP contribution in [0.3, 0.4) is 0 Å². The lowest BCUT2D eigenvalue weighted by molar-refractivity contribution is -0.136. The van der Waals surface area contributed by atoms with E-state index in [9.17, 15) is 4.79 Å². The molecule has 1 amide bonds. The van der Waals surface area contributed by atoms with Crippen LogP contribution >= 0.6 is 0 Å². The molecule has 1 aromatic heterocycles. The van der Waals surface area contributed by atoms with E-state index in [2.05, 4.69) is 28.5 Å². The van der Waals surface area contributed by atoms with E-state index in [1.165, 1.54) is 5.39 Å². The number of hydrogen-bond acceptors (Lipinski definition) is 3. The molecule has 0 spiro atoms. The molecule has 4 rings (SSSR count). The first-order chi connectivity index (χ1) is 10.8. The second kappa shape index (κ2) is 5.26. The maximum absolute atomic E-state index is 12.4. The van der Waals surface area contributed by atoms with Gasteiger partial charge in [0.25, 0.3) is 0 Å². The molecular formula is C17H16N4O. The van der Waals surface area contributed by atoms with Crippen molar-refractivity contribution in [2.24, 2.45) is 0 Å². The summed E-state index contributed by atoms with van der Waals surface area (Å²) in [5, 5.41) is 10.1. The van der Waals surface area contributed by atoms with E-state index in [-0.39, 0.29) is 11.9 Å². The number of benzene rings is 2. The Balaban J connectivity index is 1.46. The molecule has 1 fully saturated rings. The fourth-order valence-corrected chi connectivity index (χ4v) is 2.96. The topological polar surface area (TPSA) is 51.0 Å². The zero-order valence-electron chi connectivity index (χ0n) is 12.1. The van der Waals surface area contributed by atoms with Gasteiger partial charge in [-0.3, -0.25) is 4.79 Å². The van der Waals surface area contributed by atoms with Gasteiger partial charge in [-0.1, -0.05) is 47.7 Å². The van der Waals surface area contributed by atoms with Crippen LogP contribution in [0.1, 0.15) is 11.6 Å². The zero-order chi connectivity index (χ0) is 14.9. The third kappa shape index (κ3) is 2.24. The highest BCUT2D eigenvalue weighted by Gasteiger charge is 2.32. The SMILES string of the molecule is O=C(Cc1cccc2ccccc12)N1CC(n2ccnn2)C1. The van der Waals surface area contributed by atoms with E-state index in [0.29, 0.717) is 19.5 Å². The minimum absolute atomic E-state index is 0.174. The van der Waals surface area contributed by atoms with Crippen molar-refractivity contribution in [2.45, 2.75) is 12.5 Å². The van der Waals surface area contributed by atoms with E-state index in [4.69, 9.17) is 0 Å². The molecule has 0 atom stereocenters. The maximum atomic E-state index is 12.4. The molecule has 0 aliphatic carbocycles. The first-order valence-corrected chi connectivity index (χ1v) is 7.41. The van der Waals surface area contributed by atoms with E-state index in [0.717, 1.165) is 10.9 Å². The molecule has 0 radical (unpaired) electrons. The molecule has 0 N–H and O–H groups in total. The molecule has 1 saturated heterocycles. The van der Waals surface area contributed by atoms with Gasteiger partial charge in [-0.2, -0.15) is 0 Å². The van der Waals surface area contributed by atoms with Gasteiger partial charge in [0.2, 0.25) is 5.91 Å². The van der Waals surface area contributed by atoms with Crippen LogP contribution in [-0.4, -0.2) is 38.9 Å².